The Morgan fingerprint density at radius 2 is 2.11 bits per heavy atom. The molecule has 150 valence electrons. The van der Waals surface area contributed by atoms with Crippen molar-refractivity contribution in [1.29, 1.82) is 0 Å². The molecule has 0 saturated heterocycles. The van der Waals surface area contributed by atoms with Crippen LogP contribution in [0.2, 0.25) is 5.15 Å². The van der Waals surface area contributed by atoms with Crippen LogP contribution in [0.3, 0.4) is 0 Å². The van der Waals surface area contributed by atoms with Gasteiger partial charge in [-0.15, -0.1) is 0 Å². The third-order valence-corrected chi connectivity index (χ3v) is 4.58. The molecule has 0 aliphatic carbocycles. The summed E-state index contributed by atoms with van der Waals surface area (Å²) in [6, 6.07) is 5.34. The van der Waals surface area contributed by atoms with E-state index in [4.69, 9.17) is 16.3 Å². The Kier molecular flexibility index (Phi) is 6.28. The van der Waals surface area contributed by atoms with Gasteiger partial charge in [0.15, 0.2) is 0 Å². The number of aromatic nitrogens is 3. The van der Waals surface area contributed by atoms with Gasteiger partial charge in [-0.05, 0) is 23.6 Å². The predicted molar refractivity (Wildman–Crippen MR) is 99.9 cm³/mol. The van der Waals surface area contributed by atoms with Crippen LogP contribution < -0.4 is 0 Å². The summed E-state index contributed by atoms with van der Waals surface area (Å²) in [5, 5.41) is 4.71. The molecular formula is C19H21ClF2N4O2. The molecule has 0 N–H and O–H groups in total. The van der Waals surface area contributed by atoms with E-state index < -0.39 is 18.9 Å². The average molecular weight is 411 g/mol. The fourth-order valence-corrected chi connectivity index (χ4v) is 3.01. The average Bonchev–Trinajstić information content (AvgIpc) is 3.22. The highest BCUT2D eigenvalue weighted by Crippen LogP contribution is 2.22. The summed E-state index contributed by atoms with van der Waals surface area (Å²) < 4.78 is 32.4. The highest BCUT2D eigenvalue weighted by Gasteiger charge is 2.23. The van der Waals surface area contributed by atoms with E-state index in [2.05, 4.69) is 10.1 Å². The van der Waals surface area contributed by atoms with Crippen molar-refractivity contribution in [2.45, 2.75) is 45.8 Å². The second-order valence-electron chi connectivity index (χ2n) is 6.88. The number of halogens is 3. The summed E-state index contributed by atoms with van der Waals surface area (Å²) in [6.45, 7) is 4.30. The van der Waals surface area contributed by atoms with E-state index in [1.807, 2.05) is 30.9 Å². The maximum atomic E-state index is 13.0. The molecule has 6 nitrogen and oxygen atoms in total. The molecule has 0 spiro atoms. The molecule has 0 aromatic carbocycles. The summed E-state index contributed by atoms with van der Waals surface area (Å²) in [7, 11) is 0. The van der Waals surface area contributed by atoms with Crippen molar-refractivity contribution in [2.24, 2.45) is 0 Å². The SMILES string of the molecule is CC(C)c1cc(CN(Cc2ccc(Cl)nc2)C2=CC(=O)OC2)n(CC(F)F)n1. The number of carbonyl (C=O) groups is 1. The predicted octanol–water partition coefficient (Wildman–Crippen LogP) is 3.76. The summed E-state index contributed by atoms with van der Waals surface area (Å²) in [4.78, 5) is 17.5. The number of pyridine rings is 1. The zero-order chi connectivity index (χ0) is 20.3. The third kappa shape index (κ3) is 5.07. The molecule has 9 heteroatoms. The Labute approximate surface area is 166 Å². The van der Waals surface area contributed by atoms with E-state index >= 15 is 0 Å². The molecule has 2 aromatic rings. The van der Waals surface area contributed by atoms with E-state index in [9.17, 15) is 13.6 Å². The molecular weight excluding hydrogens is 390 g/mol. The topological polar surface area (TPSA) is 60.3 Å². The highest BCUT2D eigenvalue weighted by molar-refractivity contribution is 6.29. The molecule has 0 bridgehead atoms. The van der Waals surface area contributed by atoms with Gasteiger partial charge in [0.1, 0.15) is 18.3 Å². The quantitative estimate of drug-likeness (QED) is 0.490. The Morgan fingerprint density at radius 1 is 1.32 bits per heavy atom. The lowest BCUT2D eigenvalue weighted by molar-refractivity contribution is -0.135. The molecule has 28 heavy (non-hydrogen) atoms. The van der Waals surface area contributed by atoms with Crippen molar-refractivity contribution in [3.63, 3.8) is 0 Å². The minimum Gasteiger partial charge on any atom is -0.456 e. The summed E-state index contributed by atoms with van der Waals surface area (Å²) in [5.74, 6) is -0.305. The van der Waals surface area contributed by atoms with E-state index in [0.717, 1.165) is 11.3 Å². The first-order valence-corrected chi connectivity index (χ1v) is 9.27. The molecule has 3 heterocycles. The van der Waals surface area contributed by atoms with Gasteiger partial charge >= 0.3 is 5.97 Å². The second-order valence-corrected chi connectivity index (χ2v) is 7.26. The standard InChI is InChI=1S/C19H21ClF2N4O2/c1-12(2)16-5-14(26(24-16)10-18(21)22)9-25(15-6-19(27)28-11-15)8-13-3-4-17(20)23-7-13/h3-7,12,18H,8-11H2,1-2H3. The summed E-state index contributed by atoms with van der Waals surface area (Å²) >= 11 is 5.84. The van der Waals surface area contributed by atoms with Gasteiger partial charge in [-0.1, -0.05) is 31.5 Å². The molecule has 0 radical (unpaired) electrons. The van der Waals surface area contributed by atoms with E-state index in [1.54, 1.807) is 12.3 Å². The Morgan fingerprint density at radius 3 is 2.68 bits per heavy atom. The largest absolute Gasteiger partial charge is 0.456 e. The number of esters is 1. The molecule has 0 amide bonds. The van der Waals surface area contributed by atoms with Crippen LogP contribution in [0.1, 0.15) is 36.7 Å². The lowest BCUT2D eigenvalue weighted by atomic mass is 10.1. The van der Waals surface area contributed by atoms with Crippen molar-refractivity contribution in [2.75, 3.05) is 6.61 Å². The van der Waals surface area contributed by atoms with Crippen LogP contribution in [-0.2, 0) is 29.2 Å². The van der Waals surface area contributed by atoms with Crippen LogP contribution in [-0.4, -0.2) is 38.7 Å². The van der Waals surface area contributed by atoms with Crippen LogP contribution in [0.25, 0.3) is 0 Å². The lowest BCUT2D eigenvalue weighted by Crippen LogP contribution is -2.25. The minimum atomic E-state index is -2.51. The van der Waals surface area contributed by atoms with Crippen molar-refractivity contribution < 1.29 is 18.3 Å². The van der Waals surface area contributed by atoms with Gasteiger partial charge in [0, 0.05) is 18.8 Å². The fraction of sp³-hybridized carbons (Fsp3) is 0.421. The first kappa shape index (κ1) is 20.3. The number of cyclic esters (lactones) is 1. The van der Waals surface area contributed by atoms with Gasteiger partial charge in [-0.25, -0.2) is 18.6 Å². The first-order valence-electron chi connectivity index (χ1n) is 8.89. The van der Waals surface area contributed by atoms with Crippen molar-refractivity contribution in [3.05, 3.63) is 58.3 Å². The van der Waals surface area contributed by atoms with Gasteiger partial charge in [-0.2, -0.15) is 5.10 Å². The molecule has 0 saturated carbocycles. The zero-order valence-electron chi connectivity index (χ0n) is 15.6. The van der Waals surface area contributed by atoms with Gasteiger partial charge < -0.3 is 9.64 Å². The number of nitrogens with zero attached hydrogens (tertiary/aromatic N) is 4. The van der Waals surface area contributed by atoms with Gasteiger partial charge in [0.25, 0.3) is 6.43 Å². The van der Waals surface area contributed by atoms with Crippen LogP contribution in [0.5, 0.6) is 0 Å². The minimum absolute atomic E-state index is 0.113. The molecule has 0 fully saturated rings. The molecule has 2 aromatic heterocycles. The number of carbonyl (C=O) groups excluding carboxylic acids is 1. The molecule has 3 rings (SSSR count). The number of rotatable bonds is 8. The van der Waals surface area contributed by atoms with E-state index in [1.165, 1.54) is 10.8 Å². The van der Waals surface area contributed by atoms with Crippen LogP contribution in [0.15, 0.2) is 36.2 Å². The number of ether oxygens (including phenoxy) is 1. The van der Waals surface area contributed by atoms with Gasteiger partial charge in [0.2, 0.25) is 0 Å². The second kappa shape index (κ2) is 8.68. The molecule has 1 aliphatic rings. The maximum absolute atomic E-state index is 13.0. The van der Waals surface area contributed by atoms with Gasteiger partial charge in [-0.3, -0.25) is 4.68 Å². The van der Waals surface area contributed by atoms with Crippen molar-refractivity contribution in [1.82, 2.24) is 19.7 Å². The smallest absolute Gasteiger partial charge is 0.333 e. The number of hydrogen-bond acceptors (Lipinski definition) is 5. The van der Waals surface area contributed by atoms with Crippen LogP contribution in [0, 0.1) is 0 Å². The van der Waals surface area contributed by atoms with Crippen LogP contribution >= 0.6 is 11.6 Å². The fourth-order valence-electron chi connectivity index (χ4n) is 2.90. The van der Waals surface area contributed by atoms with Crippen molar-refractivity contribution >= 4 is 17.6 Å². The molecule has 0 unspecified atom stereocenters. The Balaban J connectivity index is 1.89. The van der Waals surface area contributed by atoms with Gasteiger partial charge in [0.05, 0.1) is 23.6 Å². The molecule has 1 aliphatic heterocycles. The van der Waals surface area contributed by atoms with E-state index in [-0.39, 0.29) is 12.5 Å². The first-order chi connectivity index (χ1) is 13.3. The Hall–Kier alpha value is -2.48. The summed E-state index contributed by atoms with van der Waals surface area (Å²) in [5.41, 5.74) is 2.94. The van der Waals surface area contributed by atoms with Crippen molar-refractivity contribution in [3.8, 4) is 0 Å². The van der Waals surface area contributed by atoms with Crippen LogP contribution in [0.4, 0.5) is 8.78 Å². The lowest BCUT2D eigenvalue weighted by Gasteiger charge is -2.25. The highest BCUT2D eigenvalue weighted by atomic mass is 35.5. The maximum Gasteiger partial charge on any atom is 0.333 e. The third-order valence-electron chi connectivity index (χ3n) is 4.35. The van der Waals surface area contributed by atoms with E-state index in [0.29, 0.717) is 29.6 Å². The Bertz CT molecular complexity index is 865. The number of hydrogen-bond donors (Lipinski definition) is 0. The number of alkyl halides is 2. The normalized spacial score (nSPS) is 14.0. The molecule has 0 atom stereocenters. The zero-order valence-corrected chi connectivity index (χ0v) is 16.4. The summed E-state index contributed by atoms with van der Waals surface area (Å²) in [6.07, 6.45) is 0.549. The monoisotopic (exact) mass is 410 g/mol.